The van der Waals surface area contributed by atoms with Crippen LogP contribution in [0, 0.1) is 11.3 Å². The lowest BCUT2D eigenvalue weighted by Gasteiger charge is -2.12. The summed E-state index contributed by atoms with van der Waals surface area (Å²) in [6, 6.07) is 5.42. The summed E-state index contributed by atoms with van der Waals surface area (Å²) in [5.41, 5.74) is 7.20. The molecular weight excluding hydrogens is 248 g/mol. The van der Waals surface area contributed by atoms with Gasteiger partial charge in [0.15, 0.2) is 0 Å². The number of nitriles is 1. The number of thiophene rings is 1. The van der Waals surface area contributed by atoms with E-state index in [1.54, 1.807) is 6.07 Å². The van der Waals surface area contributed by atoms with Crippen molar-refractivity contribution in [1.82, 2.24) is 4.98 Å². The molecule has 6 heteroatoms. The Labute approximate surface area is 109 Å². The molecule has 0 saturated heterocycles. The Kier molecular flexibility index (Phi) is 3.77. The Morgan fingerprint density at radius 2 is 2.44 bits per heavy atom. The van der Waals surface area contributed by atoms with E-state index in [4.69, 9.17) is 11.0 Å². The van der Waals surface area contributed by atoms with Crippen molar-refractivity contribution in [3.8, 4) is 6.07 Å². The average molecular weight is 260 g/mol. The van der Waals surface area contributed by atoms with E-state index in [1.807, 2.05) is 22.9 Å². The molecule has 4 N–H and O–H groups in total. The molecule has 1 atom stereocenters. The Hall–Kier alpha value is -2.10. The van der Waals surface area contributed by atoms with Crippen LogP contribution in [0.1, 0.15) is 17.2 Å². The first-order valence-electron chi connectivity index (χ1n) is 5.30. The first-order chi connectivity index (χ1) is 8.70. The van der Waals surface area contributed by atoms with E-state index in [0.717, 1.165) is 5.56 Å². The second-order valence-corrected chi connectivity index (χ2v) is 4.51. The summed E-state index contributed by atoms with van der Waals surface area (Å²) in [5.74, 6) is 0.431. The van der Waals surface area contributed by atoms with Crippen molar-refractivity contribution < 1.29 is 5.11 Å². The topological polar surface area (TPSA) is 95.0 Å². The summed E-state index contributed by atoms with van der Waals surface area (Å²) in [6.07, 6.45) is 0.849. The van der Waals surface area contributed by atoms with Gasteiger partial charge in [-0.3, -0.25) is 0 Å². The van der Waals surface area contributed by atoms with Crippen LogP contribution < -0.4 is 11.1 Å². The van der Waals surface area contributed by atoms with Crippen LogP contribution >= 0.6 is 11.3 Å². The number of hydrogen-bond acceptors (Lipinski definition) is 6. The molecule has 1 unspecified atom stereocenters. The van der Waals surface area contributed by atoms with Crippen molar-refractivity contribution in [3.05, 3.63) is 40.2 Å². The van der Waals surface area contributed by atoms with Crippen LogP contribution in [0.3, 0.4) is 0 Å². The van der Waals surface area contributed by atoms with E-state index in [9.17, 15) is 5.11 Å². The molecule has 0 aliphatic heterocycles. The number of aliphatic hydroxyl groups excluding tert-OH is 1. The van der Waals surface area contributed by atoms with Gasteiger partial charge in [0.1, 0.15) is 11.9 Å². The van der Waals surface area contributed by atoms with Gasteiger partial charge in [0.05, 0.1) is 23.6 Å². The molecule has 2 aromatic rings. The number of pyridine rings is 1. The zero-order chi connectivity index (χ0) is 13.0. The zero-order valence-electron chi connectivity index (χ0n) is 9.50. The average Bonchev–Trinajstić information content (AvgIpc) is 2.90. The highest BCUT2D eigenvalue weighted by atomic mass is 32.1. The Balaban J connectivity index is 2.05. The first-order valence-corrected chi connectivity index (χ1v) is 6.24. The smallest absolute Gasteiger partial charge is 0.144 e. The van der Waals surface area contributed by atoms with Gasteiger partial charge in [-0.15, -0.1) is 0 Å². The molecule has 0 spiro atoms. The maximum Gasteiger partial charge on any atom is 0.144 e. The van der Waals surface area contributed by atoms with Gasteiger partial charge in [0.2, 0.25) is 0 Å². The fraction of sp³-hybridized carbons (Fsp3) is 0.167. The summed E-state index contributed by atoms with van der Waals surface area (Å²) in [4.78, 5) is 4.04. The lowest BCUT2D eigenvalue weighted by atomic mass is 10.2. The number of rotatable bonds is 4. The van der Waals surface area contributed by atoms with Gasteiger partial charge >= 0.3 is 0 Å². The largest absolute Gasteiger partial charge is 0.397 e. The molecule has 0 saturated carbocycles. The minimum absolute atomic E-state index is 0.294. The molecule has 2 rings (SSSR count). The van der Waals surface area contributed by atoms with E-state index in [2.05, 4.69) is 10.3 Å². The Morgan fingerprint density at radius 3 is 3.11 bits per heavy atom. The molecule has 0 bridgehead atoms. The maximum absolute atomic E-state index is 9.90. The minimum Gasteiger partial charge on any atom is -0.397 e. The van der Waals surface area contributed by atoms with Gasteiger partial charge in [-0.05, 0) is 28.5 Å². The van der Waals surface area contributed by atoms with Crippen molar-refractivity contribution in [2.24, 2.45) is 0 Å². The lowest BCUT2D eigenvalue weighted by molar-refractivity contribution is 0.192. The minimum atomic E-state index is -0.623. The molecule has 2 heterocycles. The summed E-state index contributed by atoms with van der Waals surface area (Å²) >= 11 is 1.53. The zero-order valence-corrected chi connectivity index (χ0v) is 10.3. The predicted octanol–water partition coefficient (Wildman–Crippen LogP) is 1.74. The maximum atomic E-state index is 9.90. The molecule has 0 fully saturated rings. The van der Waals surface area contributed by atoms with E-state index in [0.29, 0.717) is 23.6 Å². The quantitative estimate of drug-likeness (QED) is 0.778. The fourth-order valence-corrected chi connectivity index (χ4v) is 2.19. The first kappa shape index (κ1) is 12.4. The second-order valence-electron chi connectivity index (χ2n) is 3.73. The normalized spacial score (nSPS) is 11.8. The molecule has 2 aromatic heterocycles. The van der Waals surface area contributed by atoms with E-state index < -0.39 is 6.10 Å². The Morgan fingerprint density at radius 1 is 1.61 bits per heavy atom. The Bertz CT molecular complexity index is 562. The number of aliphatic hydroxyl groups is 1. The van der Waals surface area contributed by atoms with Crippen molar-refractivity contribution in [3.63, 3.8) is 0 Å². The number of anilines is 2. The third-order valence-electron chi connectivity index (χ3n) is 2.42. The van der Waals surface area contributed by atoms with Gasteiger partial charge in [0, 0.05) is 6.54 Å². The van der Waals surface area contributed by atoms with Crippen molar-refractivity contribution in [1.29, 1.82) is 5.26 Å². The number of nitrogen functional groups attached to an aromatic ring is 1. The number of nitrogens with one attached hydrogen (secondary N) is 1. The summed E-state index contributed by atoms with van der Waals surface area (Å²) in [7, 11) is 0. The number of hydrogen-bond donors (Lipinski definition) is 3. The molecule has 0 aliphatic carbocycles. The molecule has 0 amide bonds. The van der Waals surface area contributed by atoms with Gasteiger partial charge in [-0.1, -0.05) is 0 Å². The number of nitrogens with two attached hydrogens (primary N) is 1. The highest BCUT2D eigenvalue weighted by Gasteiger charge is 2.10. The van der Waals surface area contributed by atoms with Crippen LogP contribution in [0.2, 0.25) is 0 Å². The van der Waals surface area contributed by atoms with E-state index in [1.165, 1.54) is 17.5 Å². The molecule has 0 radical (unpaired) electrons. The molecule has 92 valence electrons. The van der Waals surface area contributed by atoms with Gasteiger partial charge < -0.3 is 16.2 Å². The fourth-order valence-electron chi connectivity index (χ4n) is 1.48. The summed E-state index contributed by atoms with van der Waals surface area (Å²) < 4.78 is 0. The predicted molar refractivity (Wildman–Crippen MR) is 71.1 cm³/mol. The van der Waals surface area contributed by atoms with E-state index in [-0.39, 0.29) is 0 Å². The van der Waals surface area contributed by atoms with Crippen molar-refractivity contribution in [2.75, 3.05) is 17.6 Å². The van der Waals surface area contributed by atoms with Crippen LogP contribution in [0.25, 0.3) is 0 Å². The van der Waals surface area contributed by atoms with Crippen LogP contribution in [0.15, 0.2) is 29.1 Å². The molecular formula is C12H12N4OS. The van der Waals surface area contributed by atoms with Gasteiger partial charge in [-0.2, -0.15) is 16.6 Å². The number of nitrogens with zero attached hydrogens (tertiary/aromatic N) is 2. The molecule has 5 nitrogen and oxygen atoms in total. The lowest BCUT2D eigenvalue weighted by Crippen LogP contribution is -2.13. The summed E-state index contributed by atoms with van der Waals surface area (Å²) in [5, 5.41) is 25.6. The highest BCUT2D eigenvalue weighted by Crippen LogP contribution is 2.18. The van der Waals surface area contributed by atoms with Crippen molar-refractivity contribution in [2.45, 2.75) is 6.10 Å². The molecule has 0 aliphatic rings. The van der Waals surface area contributed by atoms with E-state index >= 15 is 0 Å². The SMILES string of the molecule is N#Cc1cc(N)cnc1NCC(O)c1ccsc1. The third kappa shape index (κ3) is 2.77. The van der Waals surface area contributed by atoms with Crippen LogP contribution in [-0.2, 0) is 0 Å². The van der Waals surface area contributed by atoms with Gasteiger partial charge in [0.25, 0.3) is 0 Å². The van der Waals surface area contributed by atoms with Crippen molar-refractivity contribution >= 4 is 22.8 Å². The standard InChI is InChI=1S/C12H12N4OS/c13-4-9-3-10(14)5-15-12(9)16-6-11(17)8-1-2-18-7-8/h1-3,5,7,11,17H,6,14H2,(H,15,16). The monoisotopic (exact) mass is 260 g/mol. The van der Waals surface area contributed by atoms with Crippen LogP contribution in [-0.4, -0.2) is 16.6 Å². The van der Waals surface area contributed by atoms with Crippen LogP contribution in [0.5, 0.6) is 0 Å². The number of aromatic nitrogens is 1. The third-order valence-corrected chi connectivity index (χ3v) is 3.12. The molecule has 18 heavy (non-hydrogen) atoms. The second kappa shape index (κ2) is 5.49. The van der Waals surface area contributed by atoms with Crippen LogP contribution in [0.4, 0.5) is 11.5 Å². The summed E-state index contributed by atoms with van der Waals surface area (Å²) in [6.45, 7) is 0.294. The highest BCUT2D eigenvalue weighted by molar-refractivity contribution is 7.07. The van der Waals surface area contributed by atoms with Gasteiger partial charge in [-0.25, -0.2) is 4.98 Å². The molecule has 0 aromatic carbocycles.